The first-order chi connectivity index (χ1) is 11.1. The Kier molecular flexibility index (Phi) is 4.20. The fraction of sp³-hybridized carbons (Fsp3) is 0.357. The summed E-state index contributed by atoms with van der Waals surface area (Å²) in [5.74, 6) is 0.0246. The lowest BCUT2D eigenvalue weighted by Gasteiger charge is -2.01. The van der Waals surface area contributed by atoms with Crippen LogP contribution in [0.15, 0.2) is 12.5 Å². The maximum Gasteiger partial charge on any atom is 0.350 e. The fourth-order valence-corrected chi connectivity index (χ4v) is 2.95. The lowest BCUT2D eigenvalue weighted by atomic mass is 10.4. The number of carbonyl (C=O) groups is 1. The number of fused-ring (bicyclic) bond motifs is 1. The van der Waals surface area contributed by atoms with Gasteiger partial charge >= 0.3 is 5.97 Å². The van der Waals surface area contributed by atoms with Gasteiger partial charge in [0.25, 0.3) is 0 Å². The number of hydrogen-bond acceptors (Lipinski definition) is 8. The molecule has 0 saturated heterocycles. The summed E-state index contributed by atoms with van der Waals surface area (Å²) >= 11 is 1.22. The van der Waals surface area contributed by atoms with Gasteiger partial charge in [-0.15, -0.1) is 0 Å². The predicted octanol–water partition coefficient (Wildman–Crippen LogP) is 2.53. The van der Waals surface area contributed by atoms with Crippen molar-refractivity contribution in [1.29, 1.82) is 0 Å². The maximum absolute atomic E-state index is 11.8. The third-order valence-corrected chi connectivity index (χ3v) is 4.25. The first-order valence-electron chi connectivity index (χ1n) is 7.21. The van der Waals surface area contributed by atoms with Gasteiger partial charge in [-0.2, -0.15) is 4.98 Å². The van der Waals surface area contributed by atoms with Crippen molar-refractivity contribution in [2.24, 2.45) is 0 Å². The Morgan fingerprint density at radius 3 is 2.91 bits per heavy atom. The number of aromatic nitrogens is 5. The van der Waals surface area contributed by atoms with Crippen molar-refractivity contribution in [3.8, 4) is 0 Å². The van der Waals surface area contributed by atoms with Crippen LogP contribution in [0.5, 0.6) is 0 Å². The van der Waals surface area contributed by atoms with Gasteiger partial charge in [-0.1, -0.05) is 11.3 Å². The molecule has 3 heterocycles. The molecular formula is C14H16N6O2S. The average Bonchev–Trinajstić information content (AvgIpc) is 3.10. The summed E-state index contributed by atoms with van der Waals surface area (Å²) in [5, 5.41) is 3.55. The normalized spacial score (nSPS) is 10.9. The zero-order valence-electron chi connectivity index (χ0n) is 13.0. The highest BCUT2D eigenvalue weighted by Gasteiger charge is 2.17. The van der Waals surface area contributed by atoms with Gasteiger partial charge in [-0.25, -0.2) is 19.7 Å². The maximum atomic E-state index is 11.8. The number of carbonyl (C=O) groups excluding carboxylic acids is 1. The fourth-order valence-electron chi connectivity index (χ4n) is 2.09. The highest BCUT2D eigenvalue weighted by atomic mass is 32.1. The van der Waals surface area contributed by atoms with Gasteiger partial charge in [0.1, 0.15) is 10.4 Å². The summed E-state index contributed by atoms with van der Waals surface area (Å²) in [4.78, 5) is 29.5. The molecule has 0 aliphatic carbocycles. The van der Waals surface area contributed by atoms with Crippen molar-refractivity contribution in [2.45, 2.75) is 27.3 Å². The Hall–Kier alpha value is -2.55. The van der Waals surface area contributed by atoms with Crippen molar-refractivity contribution in [1.82, 2.24) is 24.5 Å². The van der Waals surface area contributed by atoms with E-state index < -0.39 is 0 Å². The summed E-state index contributed by atoms with van der Waals surface area (Å²) in [6, 6.07) is 0. The van der Waals surface area contributed by atoms with Gasteiger partial charge in [0, 0.05) is 6.54 Å². The number of hydrogen-bond donors (Lipinski definition) is 1. The van der Waals surface area contributed by atoms with Crippen LogP contribution in [0.4, 0.5) is 11.1 Å². The van der Waals surface area contributed by atoms with Gasteiger partial charge in [0.15, 0.2) is 10.8 Å². The second kappa shape index (κ2) is 6.29. The van der Waals surface area contributed by atoms with Crippen LogP contribution < -0.4 is 5.32 Å². The first-order valence-corrected chi connectivity index (χ1v) is 8.03. The number of anilines is 2. The number of aryl methyl sites for hydroxylation is 2. The Labute approximate surface area is 136 Å². The second-order valence-corrected chi connectivity index (χ2v) is 5.71. The van der Waals surface area contributed by atoms with Crippen molar-refractivity contribution in [3.05, 3.63) is 23.1 Å². The van der Waals surface area contributed by atoms with Crippen LogP contribution in [0, 0.1) is 6.92 Å². The molecule has 120 valence electrons. The largest absolute Gasteiger partial charge is 0.462 e. The first kappa shape index (κ1) is 15.3. The highest BCUT2D eigenvalue weighted by Crippen LogP contribution is 2.25. The number of thiazole rings is 1. The van der Waals surface area contributed by atoms with E-state index in [-0.39, 0.29) is 5.97 Å². The Morgan fingerprint density at radius 2 is 2.17 bits per heavy atom. The smallest absolute Gasteiger partial charge is 0.350 e. The number of esters is 1. The Bertz CT molecular complexity index is 856. The zero-order chi connectivity index (χ0) is 16.4. The van der Waals surface area contributed by atoms with Gasteiger partial charge in [0.05, 0.1) is 24.8 Å². The van der Waals surface area contributed by atoms with E-state index in [0.29, 0.717) is 33.9 Å². The van der Waals surface area contributed by atoms with Gasteiger partial charge < -0.3 is 9.30 Å². The molecule has 8 nitrogen and oxygen atoms in total. The third-order valence-electron chi connectivity index (χ3n) is 3.20. The summed E-state index contributed by atoms with van der Waals surface area (Å²) in [5.41, 5.74) is 2.11. The van der Waals surface area contributed by atoms with Crippen LogP contribution in [0.2, 0.25) is 0 Å². The number of nitrogens with one attached hydrogen (secondary N) is 1. The van der Waals surface area contributed by atoms with E-state index in [9.17, 15) is 4.79 Å². The zero-order valence-corrected chi connectivity index (χ0v) is 13.8. The quantitative estimate of drug-likeness (QED) is 0.717. The minimum Gasteiger partial charge on any atom is -0.462 e. The molecule has 3 aromatic rings. The molecule has 3 rings (SSSR count). The molecule has 0 atom stereocenters. The molecule has 3 aromatic heterocycles. The summed E-state index contributed by atoms with van der Waals surface area (Å²) < 4.78 is 6.97. The van der Waals surface area contributed by atoms with Crippen molar-refractivity contribution in [2.75, 3.05) is 11.9 Å². The van der Waals surface area contributed by atoms with E-state index in [1.807, 2.05) is 11.5 Å². The van der Waals surface area contributed by atoms with E-state index in [0.717, 1.165) is 12.1 Å². The number of rotatable bonds is 5. The van der Waals surface area contributed by atoms with Gasteiger partial charge in [-0.05, 0) is 20.8 Å². The third kappa shape index (κ3) is 3.00. The van der Waals surface area contributed by atoms with E-state index >= 15 is 0 Å². The molecule has 1 N–H and O–H groups in total. The Balaban J connectivity index is 1.84. The molecule has 0 saturated carbocycles. The predicted molar refractivity (Wildman–Crippen MR) is 87.1 cm³/mol. The topological polar surface area (TPSA) is 94.8 Å². The van der Waals surface area contributed by atoms with Crippen LogP contribution in [0.1, 0.15) is 29.2 Å². The number of nitrogens with zero attached hydrogens (tertiary/aromatic N) is 5. The standard InChI is InChI=1S/C14H16N6O2S/c1-4-20-7-16-11-9(20)6-15-13(18-11)19-14-17-8(3)10(23-14)12(21)22-5-2/h6-7H,4-5H2,1-3H3,(H,15,17,18,19). The summed E-state index contributed by atoms with van der Waals surface area (Å²) in [7, 11) is 0. The van der Waals surface area contributed by atoms with Crippen molar-refractivity contribution >= 4 is 39.5 Å². The summed E-state index contributed by atoms with van der Waals surface area (Å²) in [6.07, 6.45) is 3.45. The highest BCUT2D eigenvalue weighted by molar-refractivity contribution is 7.17. The minimum atomic E-state index is -0.367. The molecule has 0 radical (unpaired) electrons. The molecule has 23 heavy (non-hydrogen) atoms. The van der Waals surface area contributed by atoms with Crippen molar-refractivity contribution < 1.29 is 9.53 Å². The number of imidazole rings is 1. The molecule has 0 fully saturated rings. The molecular weight excluding hydrogens is 316 g/mol. The van der Waals surface area contributed by atoms with Gasteiger partial charge in [-0.3, -0.25) is 5.32 Å². The van der Waals surface area contributed by atoms with Crippen LogP contribution in [0.3, 0.4) is 0 Å². The average molecular weight is 332 g/mol. The molecule has 0 bridgehead atoms. The second-order valence-electron chi connectivity index (χ2n) is 4.71. The lowest BCUT2D eigenvalue weighted by Crippen LogP contribution is -2.03. The molecule has 0 spiro atoms. The van der Waals surface area contributed by atoms with Crippen LogP contribution in [-0.2, 0) is 11.3 Å². The molecule has 0 aliphatic rings. The molecule has 0 aliphatic heterocycles. The van der Waals surface area contributed by atoms with Crippen LogP contribution >= 0.6 is 11.3 Å². The van der Waals surface area contributed by atoms with E-state index in [2.05, 4.69) is 25.3 Å². The summed E-state index contributed by atoms with van der Waals surface area (Å²) in [6.45, 7) is 6.70. The van der Waals surface area contributed by atoms with E-state index in [1.54, 1.807) is 26.4 Å². The van der Waals surface area contributed by atoms with E-state index in [1.165, 1.54) is 11.3 Å². The van der Waals surface area contributed by atoms with E-state index in [4.69, 9.17) is 4.74 Å². The minimum absolute atomic E-state index is 0.332. The van der Waals surface area contributed by atoms with Gasteiger partial charge in [0.2, 0.25) is 5.95 Å². The molecule has 0 unspecified atom stereocenters. The van der Waals surface area contributed by atoms with Crippen LogP contribution in [-0.4, -0.2) is 37.1 Å². The molecule has 0 aromatic carbocycles. The monoisotopic (exact) mass is 332 g/mol. The molecule has 0 amide bonds. The van der Waals surface area contributed by atoms with Crippen molar-refractivity contribution in [3.63, 3.8) is 0 Å². The lowest BCUT2D eigenvalue weighted by molar-refractivity contribution is 0.0531. The Morgan fingerprint density at radius 1 is 1.35 bits per heavy atom. The van der Waals surface area contributed by atoms with Crippen LogP contribution in [0.25, 0.3) is 11.2 Å². The number of ether oxygens (including phenoxy) is 1. The SMILES string of the molecule is CCOC(=O)c1sc(Nc2ncc3c(ncn3CC)n2)nc1C. The molecule has 9 heteroatoms.